The summed E-state index contributed by atoms with van der Waals surface area (Å²) in [6.07, 6.45) is -8.22. The van der Waals surface area contributed by atoms with Crippen molar-refractivity contribution in [1.29, 1.82) is 0 Å². The second-order valence-corrected chi connectivity index (χ2v) is 14.4. The van der Waals surface area contributed by atoms with Crippen molar-refractivity contribution in [2.24, 2.45) is 0 Å². The molecule has 290 valence electrons. The summed E-state index contributed by atoms with van der Waals surface area (Å²) in [5, 5.41) is 9.50. The summed E-state index contributed by atoms with van der Waals surface area (Å²) in [5.41, 5.74) is -2.06. The number of hydrogen-bond acceptors (Lipinski definition) is 9. The van der Waals surface area contributed by atoms with E-state index < -0.39 is 35.4 Å². The predicted molar refractivity (Wildman–Crippen MR) is 195 cm³/mol. The first-order chi connectivity index (χ1) is 25.5. The van der Waals surface area contributed by atoms with Crippen molar-refractivity contribution in [1.82, 2.24) is 14.7 Å². The van der Waals surface area contributed by atoms with E-state index in [2.05, 4.69) is 4.90 Å². The Balaban J connectivity index is 1.34. The van der Waals surface area contributed by atoms with Gasteiger partial charge in [0.2, 0.25) is 0 Å². The minimum Gasteiger partial charge on any atom is -0.493 e. The smallest absolute Gasteiger partial charge is 0.416 e. The Kier molecular flexibility index (Phi) is 13.3. The fraction of sp³-hybridized carbons (Fsp3) is 0.378. The lowest BCUT2D eigenvalue weighted by molar-refractivity contribution is -0.143. The van der Waals surface area contributed by atoms with Gasteiger partial charge in [0.1, 0.15) is 22.4 Å². The minimum atomic E-state index is -5.02. The van der Waals surface area contributed by atoms with E-state index in [9.17, 15) is 41.0 Å². The van der Waals surface area contributed by atoms with E-state index in [1.807, 2.05) is 19.0 Å². The number of alkyl halides is 6. The number of hydrogen-bond donors (Lipinski definition) is 1. The number of thioether (sulfide) groups is 1. The van der Waals surface area contributed by atoms with Crippen molar-refractivity contribution in [3.63, 3.8) is 0 Å². The molecule has 54 heavy (non-hydrogen) atoms. The van der Waals surface area contributed by atoms with Crippen molar-refractivity contribution in [2.75, 3.05) is 66.7 Å². The van der Waals surface area contributed by atoms with E-state index in [0.717, 1.165) is 11.8 Å². The van der Waals surface area contributed by atoms with Crippen LogP contribution in [0.2, 0.25) is 0 Å². The Morgan fingerprint density at radius 3 is 2.20 bits per heavy atom. The number of carboxylic acids is 1. The monoisotopic (exact) mass is 797 g/mol. The molecule has 0 atom stereocenters. The van der Waals surface area contributed by atoms with Gasteiger partial charge in [0.05, 0.1) is 41.4 Å². The van der Waals surface area contributed by atoms with Gasteiger partial charge in [-0.15, -0.1) is 0 Å². The summed E-state index contributed by atoms with van der Waals surface area (Å²) in [7, 11) is 3.66. The van der Waals surface area contributed by atoms with Gasteiger partial charge in [-0.25, -0.2) is 4.79 Å². The van der Waals surface area contributed by atoms with Crippen LogP contribution in [0.3, 0.4) is 0 Å². The molecule has 0 bridgehead atoms. The fourth-order valence-electron chi connectivity index (χ4n) is 5.65. The van der Waals surface area contributed by atoms with Gasteiger partial charge in [-0.1, -0.05) is 30.0 Å². The third-order valence-corrected chi connectivity index (χ3v) is 9.85. The molecule has 3 aromatic carbocycles. The van der Waals surface area contributed by atoms with Crippen LogP contribution in [0.15, 0.2) is 59.5 Å². The molecular weight excluding hydrogens is 761 g/mol. The second-order valence-electron chi connectivity index (χ2n) is 12.8. The highest BCUT2D eigenvalue weighted by Crippen LogP contribution is 2.40. The fourth-order valence-corrected chi connectivity index (χ4v) is 6.95. The first-order valence-electron chi connectivity index (χ1n) is 16.8. The van der Waals surface area contributed by atoms with Crippen molar-refractivity contribution in [3.05, 3.63) is 87.3 Å². The minimum absolute atomic E-state index is 0.0508. The number of thiocarbonyl (C=S) groups is 1. The second kappa shape index (κ2) is 17.5. The standard InChI is InChI=1S/C37H37F6N3O6S2/c1-44(2)9-15-52-30-6-4-23(25-18-28(36(38,39)40)21-29(19-25)37(41,42)43)16-26(30)20-32-33(47)46(35(53)54-32)8-3-12-51-31-7-5-24(34(48)49)17-27(31)22-45-10-13-50-14-11-45/h4-7,16-21H,3,8-15,22H2,1-2H3,(H,48,49). The van der Waals surface area contributed by atoms with Crippen molar-refractivity contribution < 1.29 is 55.2 Å². The summed E-state index contributed by atoms with van der Waals surface area (Å²) < 4.78 is 99.4. The molecule has 5 rings (SSSR count). The molecule has 2 saturated heterocycles. The van der Waals surface area contributed by atoms with Crippen LogP contribution in [-0.4, -0.2) is 103 Å². The summed E-state index contributed by atoms with van der Waals surface area (Å²) in [6.45, 7) is 4.08. The van der Waals surface area contributed by atoms with Crippen LogP contribution >= 0.6 is 24.0 Å². The molecule has 2 aliphatic heterocycles. The molecule has 0 unspecified atom stereocenters. The zero-order valence-electron chi connectivity index (χ0n) is 29.3. The van der Waals surface area contributed by atoms with Crippen molar-refractivity contribution >= 4 is 46.3 Å². The average molecular weight is 798 g/mol. The van der Waals surface area contributed by atoms with Crippen LogP contribution in [0.4, 0.5) is 26.3 Å². The predicted octanol–water partition coefficient (Wildman–Crippen LogP) is 7.53. The number of likely N-dealkylation sites (N-methyl/N-ethyl adjacent to an activating group) is 1. The van der Waals surface area contributed by atoms with Gasteiger partial charge in [-0.2, -0.15) is 26.3 Å². The lowest BCUT2D eigenvalue weighted by Gasteiger charge is -2.27. The van der Waals surface area contributed by atoms with E-state index >= 15 is 0 Å². The lowest BCUT2D eigenvalue weighted by atomic mass is 9.97. The molecule has 0 saturated carbocycles. The molecule has 0 spiro atoms. The van der Waals surface area contributed by atoms with Gasteiger partial charge >= 0.3 is 18.3 Å². The van der Waals surface area contributed by atoms with E-state index in [-0.39, 0.29) is 63.1 Å². The molecule has 0 aliphatic carbocycles. The van der Waals surface area contributed by atoms with E-state index in [1.165, 1.54) is 35.2 Å². The Morgan fingerprint density at radius 2 is 1.57 bits per heavy atom. The van der Waals surface area contributed by atoms with Crippen LogP contribution in [0, 0.1) is 0 Å². The Labute approximate surface area is 317 Å². The van der Waals surface area contributed by atoms with Gasteiger partial charge in [0, 0.05) is 43.9 Å². The zero-order chi connectivity index (χ0) is 39.2. The third-order valence-electron chi connectivity index (χ3n) is 8.48. The zero-order valence-corrected chi connectivity index (χ0v) is 30.9. The Hall–Kier alpha value is -4.16. The van der Waals surface area contributed by atoms with Gasteiger partial charge in [0.25, 0.3) is 5.91 Å². The van der Waals surface area contributed by atoms with Crippen molar-refractivity contribution in [3.8, 4) is 22.6 Å². The Bertz CT molecular complexity index is 1860. The number of aromatic carboxylic acids is 1. The lowest BCUT2D eigenvalue weighted by Crippen LogP contribution is -2.35. The number of nitrogens with zero attached hydrogens (tertiary/aromatic N) is 3. The number of carbonyl (C=O) groups excluding carboxylic acids is 1. The number of carboxylic acid groups (broad SMARTS) is 1. The highest BCUT2D eigenvalue weighted by atomic mass is 32.2. The van der Waals surface area contributed by atoms with E-state index in [1.54, 1.807) is 12.1 Å². The largest absolute Gasteiger partial charge is 0.493 e. The molecule has 3 aromatic rings. The summed E-state index contributed by atoms with van der Waals surface area (Å²) in [6, 6.07) is 10.2. The highest BCUT2D eigenvalue weighted by molar-refractivity contribution is 8.26. The number of rotatable bonds is 14. The quantitative estimate of drug-likeness (QED) is 0.0765. The van der Waals surface area contributed by atoms with E-state index in [0.29, 0.717) is 69.3 Å². The summed E-state index contributed by atoms with van der Waals surface area (Å²) >= 11 is 6.51. The third kappa shape index (κ3) is 10.7. The van der Waals surface area contributed by atoms with Crippen LogP contribution in [0.5, 0.6) is 11.5 Å². The number of benzene rings is 3. The maximum Gasteiger partial charge on any atom is 0.416 e. The maximum atomic E-state index is 13.6. The summed E-state index contributed by atoms with van der Waals surface area (Å²) in [4.78, 5) is 30.8. The first-order valence-corrected chi connectivity index (χ1v) is 18.0. The number of amides is 1. The molecular formula is C37H37F6N3O6S2. The van der Waals surface area contributed by atoms with Crippen LogP contribution in [0.25, 0.3) is 17.2 Å². The molecule has 2 fully saturated rings. The van der Waals surface area contributed by atoms with Gasteiger partial charge in [-0.05, 0) is 86.3 Å². The molecule has 1 amide bonds. The average Bonchev–Trinajstić information content (AvgIpc) is 3.37. The van der Waals surface area contributed by atoms with Gasteiger partial charge < -0.3 is 24.2 Å². The SMILES string of the molecule is CN(C)CCOc1ccc(-c2cc(C(F)(F)F)cc(C(F)(F)F)c2)cc1C=C1SC(=S)N(CCCOc2ccc(C(=O)O)cc2CN2CCOCC2)C1=O. The Morgan fingerprint density at radius 1 is 0.926 bits per heavy atom. The van der Waals surface area contributed by atoms with Crippen LogP contribution in [0.1, 0.15) is 39.0 Å². The number of halogens is 6. The van der Waals surface area contributed by atoms with E-state index in [4.69, 9.17) is 26.4 Å². The molecule has 0 radical (unpaired) electrons. The van der Waals surface area contributed by atoms with Crippen LogP contribution in [-0.2, 0) is 28.4 Å². The maximum absolute atomic E-state index is 13.6. The summed E-state index contributed by atoms with van der Waals surface area (Å²) in [5.74, 6) is -0.713. The molecule has 1 N–H and O–H groups in total. The molecule has 2 heterocycles. The molecule has 2 aliphatic rings. The molecule has 17 heteroatoms. The first kappa shape index (κ1) is 41.0. The molecule has 9 nitrogen and oxygen atoms in total. The molecule has 0 aromatic heterocycles. The number of morpholine rings is 1. The number of ether oxygens (including phenoxy) is 3. The normalized spacial score (nSPS) is 16.5. The van der Waals surface area contributed by atoms with Gasteiger partial charge in [-0.3, -0.25) is 14.6 Å². The van der Waals surface area contributed by atoms with Gasteiger partial charge in [0.15, 0.2) is 0 Å². The van der Waals surface area contributed by atoms with Crippen LogP contribution < -0.4 is 9.47 Å². The number of carbonyl (C=O) groups is 2. The highest BCUT2D eigenvalue weighted by Gasteiger charge is 2.37. The topological polar surface area (TPSA) is 91.8 Å². The van der Waals surface area contributed by atoms with Crippen molar-refractivity contribution in [2.45, 2.75) is 25.3 Å².